The summed E-state index contributed by atoms with van der Waals surface area (Å²) in [7, 11) is 0. The summed E-state index contributed by atoms with van der Waals surface area (Å²) in [5.74, 6) is 0. The van der Waals surface area contributed by atoms with Crippen LogP contribution in [0.5, 0.6) is 0 Å². The van der Waals surface area contributed by atoms with Crippen LogP contribution in [-0.4, -0.2) is 4.57 Å². The molecular formula is C6H5Cl2NO. The first-order valence-electron chi connectivity index (χ1n) is 2.66. The van der Waals surface area contributed by atoms with Gasteiger partial charge >= 0.3 is 0 Å². The van der Waals surface area contributed by atoms with Crippen LogP contribution in [0, 0.1) is 0 Å². The van der Waals surface area contributed by atoms with Gasteiger partial charge in [0.1, 0.15) is 6.00 Å². The van der Waals surface area contributed by atoms with Crippen molar-refractivity contribution in [2.75, 3.05) is 0 Å². The first kappa shape index (κ1) is 7.63. The molecule has 0 radical (unpaired) electrons. The van der Waals surface area contributed by atoms with Crippen LogP contribution in [0.15, 0.2) is 23.1 Å². The topological polar surface area (TPSA) is 22.0 Å². The van der Waals surface area contributed by atoms with Crippen LogP contribution < -0.4 is 5.56 Å². The molecular weight excluding hydrogens is 173 g/mol. The van der Waals surface area contributed by atoms with Gasteiger partial charge in [-0.3, -0.25) is 9.36 Å². The molecule has 0 bridgehead atoms. The Morgan fingerprint density at radius 1 is 1.50 bits per heavy atom. The third-order valence-corrected chi connectivity index (χ3v) is 1.56. The van der Waals surface area contributed by atoms with Gasteiger partial charge in [0.15, 0.2) is 0 Å². The molecule has 0 saturated carbocycles. The Labute approximate surface area is 68.0 Å². The Balaban J connectivity index is 3.22. The molecule has 1 heterocycles. The standard InChI is InChI=1S/C6H5Cl2NO/c7-4-9-3-5(8)1-2-6(9)10/h1-3H,4H2. The first-order valence-corrected chi connectivity index (χ1v) is 3.57. The molecule has 0 spiro atoms. The molecule has 54 valence electrons. The molecule has 0 aliphatic rings. The molecule has 4 heteroatoms. The number of pyridine rings is 1. The summed E-state index contributed by atoms with van der Waals surface area (Å²) in [4.78, 5) is 10.8. The third kappa shape index (κ3) is 1.52. The summed E-state index contributed by atoms with van der Waals surface area (Å²) in [6, 6.07) is 3.05. The van der Waals surface area contributed by atoms with Gasteiger partial charge in [-0.15, -0.1) is 11.6 Å². The lowest BCUT2D eigenvalue weighted by Crippen LogP contribution is -2.15. The molecule has 10 heavy (non-hydrogen) atoms. The predicted molar refractivity (Wildman–Crippen MR) is 41.6 cm³/mol. The van der Waals surface area contributed by atoms with Gasteiger partial charge in [-0.2, -0.15) is 0 Å². The maximum atomic E-state index is 10.8. The normalized spacial score (nSPS) is 9.80. The molecule has 0 unspecified atom stereocenters. The summed E-state index contributed by atoms with van der Waals surface area (Å²) in [5, 5.41) is 0.514. The lowest BCUT2D eigenvalue weighted by atomic mass is 10.5. The molecule has 0 aliphatic carbocycles. The first-order chi connectivity index (χ1) is 4.74. The van der Waals surface area contributed by atoms with Crippen LogP contribution >= 0.6 is 23.2 Å². The fraction of sp³-hybridized carbons (Fsp3) is 0.167. The van der Waals surface area contributed by atoms with Crippen molar-refractivity contribution < 1.29 is 0 Å². The second-order valence-corrected chi connectivity index (χ2v) is 2.45. The average Bonchev–Trinajstić information content (AvgIpc) is 1.94. The maximum Gasteiger partial charge on any atom is 0.251 e. The third-order valence-electron chi connectivity index (χ3n) is 1.08. The van der Waals surface area contributed by atoms with E-state index in [0.29, 0.717) is 5.02 Å². The van der Waals surface area contributed by atoms with Gasteiger partial charge in [-0.25, -0.2) is 0 Å². The van der Waals surface area contributed by atoms with E-state index in [1.165, 1.54) is 22.9 Å². The van der Waals surface area contributed by atoms with E-state index in [4.69, 9.17) is 23.2 Å². The van der Waals surface area contributed by atoms with Crippen LogP contribution in [0.3, 0.4) is 0 Å². The van der Waals surface area contributed by atoms with E-state index in [9.17, 15) is 4.79 Å². The second-order valence-electron chi connectivity index (χ2n) is 1.77. The molecule has 0 N–H and O–H groups in total. The molecule has 0 aromatic carbocycles. The number of hydrogen-bond donors (Lipinski definition) is 0. The Hall–Kier alpha value is -0.470. The van der Waals surface area contributed by atoms with Gasteiger partial charge in [-0.1, -0.05) is 11.6 Å². The highest BCUT2D eigenvalue weighted by Crippen LogP contribution is 2.03. The lowest BCUT2D eigenvalue weighted by molar-refractivity contribution is 0.832. The van der Waals surface area contributed by atoms with E-state index in [2.05, 4.69) is 0 Å². The molecule has 0 saturated heterocycles. The Morgan fingerprint density at radius 3 is 2.70 bits per heavy atom. The SMILES string of the molecule is O=c1ccc(Cl)cn1CCl. The van der Waals surface area contributed by atoms with Crippen molar-refractivity contribution in [2.24, 2.45) is 0 Å². The van der Waals surface area contributed by atoms with Gasteiger partial charge in [-0.05, 0) is 6.07 Å². The van der Waals surface area contributed by atoms with E-state index >= 15 is 0 Å². The smallest absolute Gasteiger partial charge is 0.251 e. The number of hydrogen-bond acceptors (Lipinski definition) is 1. The summed E-state index contributed by atoms with van der Waals surface area (Å²) in [6.07, 6.45) is 1.50. The van der Waals surface area contributed by atoms with Crippen molar-refractivity contribution in [1.29, 1.82) is 0 Å². The molecule has 1 rings (SSSR count). The van der Waals surface area contributed by atoms with Crippen molar-refractivity contribution in [2.45, 2.75) is 6.00 Å². The minimum atomic E-state index is -0.139. The Morgan fingerprint density at radius 2 is 2.20 bits per heavy atom. The zero-order valence-electron chi connectivity index (χ0n) is 5.05. The van der Waals surface area contributed by atoms with Crippen molar-refractivity contribution in [1.82, 2.24) is 4.57 Å². The van der Waals surface area contributed by atoms with Crippen LogP contribution in [0.2, 0.25) is 5.02 Å². The number of rotatable bonds is 1. The highest BCUT2D eigenvalue weighted by Gasteiger charge is 1.92. The van der Waals surface area contributed by atoms with Crippen molar-refractivity contribution >= 4 is 23.2 Å². The van der Waals surface area contributed by atoms with Gasteiger partial charge < -0.3 is 0 Å². The van der Waals surface area contributed by atoms with E-state index in [-0.39, 0.29) is 11.6 Å². The van der Waals surface area contributed by atoms with Crippen LogP contribution in [0.1, 0.15) is 0 Å². The van der Waals surface area contributed by atoms with Crippen LogP contribution in [-0.2, 0) is 6.00 Å². The molecule has 0 aliphatic heterocycles. The zero-order valence-corrected chi connectivity index (χ0v) is 6.56. The maximum absolute atomic E-state index is 10.8. The van der Waals surface area contributed by atoms with Crippen molar-refractivity contribution in [3.63, 3.8) is 0 Å². The number of aromatic nitrogens is 1. The largest absolute Gasteiger partial charge is 0.300 e. The number of nitrogens with zero attached hydrogens (tertiary/aromatic N) is 1. The monoisotopic (exact) mass is 177 g/mol. The molecule has 2 nitrogen and oxygen atoms in total. The quantitative estimate of drug-likeness (QED) is 0.599. The minimum absolute atomic E-state index is 0.138. The fourth-order valence-electron chi connectivity index (χ4n) is 0.596. The van der Waals surface area contributed by atoms with Gasteiger partial charge in [0.25, 0.3) is 5.56 Å². The highest BCUT2D eigenvalue weighted by atomic mass is 35.5. The average molecular weight is 178 g/mol. The second kappa shape index (κ2) is 3.08. The highest BCUT2D eigenvalue weighted by molar-refractivity contribution is 6.30. The summed E-state index contributed by atoms with van der Waals surface area (Å²) < 4.78 is 1.32. The summed E-state index contributed by atoms with van der Waals surface area (Å²) in [6.45, 7) is 0. The molecule has 0 amide bonds. The van der Waals surface area contributed by atoms with Crippen molar-refractivity contribution in [3.8, 4) is 0 Å². The van der Waals surface area contributed by atoms with E-state index < -0.39 is 0 Å². The van der Waals surface area contributed by atoms with Gasteiger partial charge in [0.2, 0.25) is 0 Å². The van der Waals surface area contributed by atoms with E-state index in [1.807, 2.05) is 0 Å². The predicted octanol–water partition coefficient (Wildman–Crippen LogP) is 1.70. The molecule has 0 fully saturated rings. The zero-order chi connectivity index (χ0) is 7.56. The van der Waals surface area contributed by atoms with Crippen LogP contribution in [0.25, 0.3) is 0 Å². The van der Waals surface area contributed by atoms with E-state index in [1.54, 1.807) is 0 Å². The van der Waals surface area contributed by atoms with Gasteiger partial charge in [0.05, 0.1) is 5.02 Å². The summed E-state index contributed by atoms with van der Waals surface area (Å²) >= 11 is 11.0. The van der Waals surface area contributed by atoms with E-state index in [0.717, 1.165) is 0 Å². The fourth-order valence-corrected chi connectivity index (χ4v) is 0.963. The minimum Gasteiger partial charge on any atom is -0.300 e. The molecule has 1 aromatic rings. The number of halogens is 2. The Bertz CT molecular complexity index is 281. The number of alkyl halides is 1. The molecule has 0 atom stereocenters. The summed E-state index contributed by atoms with van der Waals surface area (Å²) in [5.41, 5.74) is -0.139. The van der Waals surface area contributed by atoms with Crippen molar-refractivity contribution in [3.05, 3.63) is 33.7 Å². The lowest BCUT2D eigenvalue weighted by Gasteiger charge is -1.97. The van der Waals surface area contributed by atoms with Gasteiger partial charge in [0, 0.05) is 12.3 Å². The Kier molecular flexibility index (Phi) is 2.35. The van der Waals surface area contributed by atoms with Crippen LogP contribution in [0.4, 0.5) is 0 Å². The molecule has 1 aromatic heterocycles.